The van der Waals surface area contributed by atoms with E-state index in [1.165, 1.54) is 32.0 Å². The Hall–Kier alpha value is -4.39. The number of ether oxygens (including phenoxy) is 3. The van der Waals surface area contributed by atoms with Crippen LogP contribution in [0.5, 0.6) is 17.2 Å². The number of piperidine rings is 1. The number of phenols is 1. The van der Waals surface area contributed by atoms with Gasteiger partial charge in [0, 0.05) is 34.7 Å². The summed E-state index contributed by atoms with van der Waals surface area (Å²) in [6.45, 7) is 4.02. The van der Waals surface area contributed by atoms with Crippen molar-refractivity contribution >= 4 is 29.7 Å². The number of hydrogen-bond donors (Lipinski definition) is 5. The van der Waals surface area contributed by atoms with Gasteiger partial charge in [0.15, 0.2) is 11.6 Å². The molecule has 0 spiro atoms. The van der Waals surface area contributed by atoms with Gasteiger partial charge >= 0.3 is 5.97 Å². The smallest absolute Gasteiger partial charge is 0.308 e. The van der Waals surface area contributed by atoms with E-state index in [1.807, 2.05) is 30.3 Å². The minimum Gasteiger partial charge on any atom is -0.507 e. The Morgan fingerprint density at radius 2 is 1.59 bits per heavy atom. The molecule has 2 aliphatic heterocycles. The van der Waals surface area contributed by atoms with E-state index in [-0.39, 0.29) is 50.8 Å². The zero-order chi connectivity index (χ0) is 32.7. The highest BCUT2D eigenvalue weighted by molar-refractivity contribution is 6.31. The van der Waals surface area contributed by atoms with Crippen LogP contribution in [0.4, 0.5) is 0 Å². The number of carbonyl (C=O) groups is 3. The lowest BCUT2D eigenvalue weighted by Gasteiger charge is -2.39. The fourth-order valence-corrected chi connectivity index (χ4v) is 6.36. The molecule has 1 aliphatic carbocycles. The Kier molecular flexibility index (Phi) is 8.78. The summed E-state index contributed by atoms with van der Waals surface area (Å²) in [4.78, 5) is 40.5. The lowest BCUT2D eigenvalue weighted by molar-refractivity contribution is -0.268. The van der Waals surface area contributed by atoms with Crippen LogP contribution in [0, 0.1) is 0 Å². The summed E-state index contributed by atoms with van der Waals surface area (Å²) < 4.78 is 17.2. The lowest BCUT2D eigenvalue weighted by Crippen LogP contribution is -2.58. The molecule has 3 aliphatic rings. The van der Waals surface area contributed by atoms with E-state index >= 15 is 0 Å². The molecule has 11 nitrogen and oxygen atoms in total. The fraction of sp³-hybridized carbons (Fsp3) is 0.343. The van der Waals surface area contributed by atoms with Crippen LogP contribution in [-0.4, -0.2) is 81.8 Å². The van der Waals surface area contributed by atoms with Crippen LogP contribution in [0.15, 0.2) is 48.5 Å². The first kappa shape index (κ1) is 31.6. The van der Waals surface area contributed by atoms with Crippen molar-refractivity contribution in [2.75, 3.05) is 13.1 Å². The van der Waals surface area contributed by atoms with Gasteiger partial charge in [0.05, 0.1) is 11.7 Å². The Balaban J connectivity index is 1.51. The molecule has 0 amide bonds. The highest BCUT2D eigenvalue weighted by Crippen LogP contribution is 2.47. The topological polar surface area (TPSA) is 172 Å². The van der Waals surface area contributed by atoms with Crippen molar-refractivity contribution in [3.8, 4) is 17.2 Å². The van der Waals surface area contributed by atoms with E-state index in [4.69, 9.17) is 14.2 Å². The molecule has 0 bridgehead atoms. The Morgan fingerprint density at radius 3 is 2.28 bits per heavy atom. The highest BCUT2D eigenvalue weighted by atomic mass is 16.7. The van der Waals surface area contributed by atoms with Gasteiger partial charge in [-0.2, -0.15) is 0 Å². The third-order valence-corrected chi connectivity index (χ3v) is 8.75. The Morgan fingerprint density at radius 1 is 0.891 bits per heavy atom. The van der Waals surface area contributed by atoms with Crippen LogP contribution in [0.2, 0.25) is 0 Å². The second kappa shape index (κ2) is 12.8. The summed E-state index contributed by atoms with van der Waals surface area (Å²) in [7, 11) is 0. The normalized spacial score (nSPS) is 24.8. The molecule has 2 saturated heterocycles. The summed E-state index contributed by atoms with van der Waals surface area (Å²) >= 11 is 0. The number of benzene rings is 3. The van der Waals surface area contributed by atoms with Gasteiger partial charge in [-0.3, -0.25) is 14.4 Å². The number of nitrogens with one attached hydrogen (secondary N) is 1. The van der Waals surface area contributed by atoms with Crippen LogP contribution < -0.4 is 14.8 Å². The molecule has 5 N–H and O–H groups in total. The molecular formula is C35H35NO10. The maximum atomic E-state index is 14.4. The number of aromatic hydroxyl groups is 1. The van der Waals surface area contributed by atoms with Crippen LogP contribution in [0.25, 0.3) is 12.2 Å². The van der Waals surface area contributed by atoms with Gasteiger partial charge in [-0.1, -0.05) is 36.4 Å². The molecule has 11 heteroatoms. The van der Waals surface area contributed by atoms with E-state index in [9.17, 15) is 34.8 Å². The SMILES string of the molecule is CC(=O)Oc1ccc2c(c1/C=C\c1ccccc1)C(=O)c1cc(O[C@H]3O[C@@H](C)[C@@H](O)[C@@H](O)[C@H]3O)c(C3CCNCC3)c(O)c1C2=O. The number of rotatable bonds is 6. The monoisotopic (exact) mass is 629 g/mol. The van der Waals surface area contributed by atoms with Crippen molar-refractivity contribution in [2.45, 2.75) is 63.3 Å². The first-order valence-corrected chi connectivity index (χ1v) is 15.2. The molecule has 3 aromatic carbocycles. The molecule has 0 saturated carbocycles. The van der Waals surface area contributed by atoms with Crippen molar-refractivity contribution in [3.05, 3.63) is 87.5 Å². The molecule has 0 unspecified atom stereocenters. The van der Waals surface area contributed by atoms with Crippen LogP contribution in [0.1, 0.15) is 81.1 Å². The van der Waals surface area contributed by atoms with Gasteiger partial charge in [0.25, 0.3) is 0 Å². The maximum Gasteiger partial charge on any atom is 0.308 e. The standard InChI is InChI=1S/C35H35NO10/c1-17-29(38)33(42)34(43)35(44-17)46-25-16-23-28(32(41)26(25)20-12-14-36-15-13-20)30(39)22-10-11-24(45-18(2)37)21(27(22)31(23)40)9-8-19-6-4-3-5-7-19/h3-11,16-17,20,29,33-36,38,41-43H,12-15H2,1-2H3/b9-8-/t17-,29+,33+,34+,35+/m0/s1. The molecule has 46 heavy (non-hydrogen) atoms. The number of ketones is 2. The van der Waals surface area contributed by atoms with Crippen molar-refractivity contribution < 1.29 is 49.0 Å². The number of carbonyl (C=O) groups excluding carboxylic acids is 3. The molecule has 2 fully saturated rings. The average molecular weight is 630 g/mol. The number of esters is 1. The summed E-state index contributed by atoms with van der Waals surface area (Å²) in [6.07, 6.45) is -2.42. The first-order valence-electron chi connectivity index (χ1n) is 15.2. The summed E-state index contributed by atoms with van der Waals surface area (Å²) in [5, 5.41) is 46.3. The maximum absolute atomic E-state index is 14.4. The highest BCUT2D eigenvalue weighted by Gasteiger charge is 2.45. The van der Waals surface area contributed by atoms with E-state index < -0.39 is 54.0 Å². The molecular weight excluding hydrogens is 594 g/mol. The van der Waals surface area contributed by atoms with Gasteiger partial charge in [-0.25, -0.2) is 0 Å². The second-order valence-electron chi connectivity index (χ2n) is 11.8. The largest absolute Gasteiger partial charge is 0.507 e. The zero-order valence-electron chi connectivity index (χ0n) is 25.3. The summed E-state index contributed by atoms with van der Waals surface area (Å²) in [6, 6.07) is 13.5. The minimum atomic E-state index is -1.65. The number of fused-ring (bicyclic) bond motifs is 2. The Labute approximate surface area is 265 Å². The van der Waals surface area contributed by atoms with Crippen molar-refractivity contribution in [1.82, 2.24) is 5.32 Å². The molecule has 0 radical (unpaired) electrons. The number of phenolic OH excluding ortho intramolecular Hbond substituents is 1. The number of hydrogen-bond acceptors (Lipinski definition) is 11. The quantitative estimate of drug-likeness (QED) is 0.121. The average Bonchev–Trinajstić information content (AvgIpc) is 3.04. The van der Waals surface area contributed by atoms with Crippen molar-refractivity contribution in [2.24, 2.45) is 0 Å². The van der Waals surface area contributed by atoms with Gasteiger partial charge in [0.2, 0.25) is 6.29 Å². The zero-order valence-corrected chi connectivity index (χ0v) is 25.3. The summed E-state index contributed by atoms with van der Waals surface area (Å²) in [5.74, 6) is -2.41. The van der Waals surface area contributed by atoms with Crippen molar-refractivity contribution in [3.63, 3.8) is 0 Å². The molecule has 5 atom stereocenters. The number of aliphatic hydroxyl groups excluding tert-OH is 3. The van der Waals surface area contributed by atoms with E-state index in [2.05, 4.69) is 5.32 Å². The van der Waals surface area contributed by atoms with Gasteiger partial charge in [-0.15, -0.1) is 0 Å². The van der Waals surface area contributed by atoms with E-state index in [0.29, 0.717) is 25.9 Å². The van der Waals surface area contributed by atoms with Gasteiger partial charge < -0.3 is 40.0 Å². The third kappa shape index (κ3) is 5.72. The molecule has 0 aromatic heterocycles. The van der Waals surface area contributed by atoms with Crippen LogP contribution in [0.3, 0.4) is 0 Å². The number of aliphatic hydroxyl groups is 3. The van der Waals surface area contributed by atoms with Crippen LogP contribution >= 0.6 is 0 Å². The van der Waals surface area contributed by atoms with Crippen molar-refractivity contribution in [1.29, 1.82) is 0 Å². The predicted molar refractivity (Wildman–Crippen MR) is 166 cm³/mol. The van der Waals surface area contributed by atoms with Gasteiger partial charge in [0.1, 0.15) is 35.6 Å². The van der Waals surface area contributed by atoms with E-state index in [0.717, 1.165) is 5.56 Å². The first-order chi connectivity index (χ1) is 22.1. The minimum absolute atomic E-state index is 0.00473. The summed E-state index contributed by atoms with van der Waals surface area (Å²) in [5.41, 5.74) is 1.01. The predicted octanol–water partition coefficient (Wildman–Crippen LogP) is 2.94. The molecule has 2 heterocycles. The molecule has 3 aromatic rings. The second-order valence-corrected chi connectivity index (χ2v) is 11.8. The molecule has 240 valence electrons. The fourth-order valence-electron chi connectivity index (χ4n) is 6.36. The molecule has 6 rings (SSSR count). The Bertz CT molecular complexity index is 1710. The van der Waals surface area contributed by atoms with Crippen LogP contribution in [-0.2, 0) is 9.53 Å². The van der Waals surface area contributed by atoms with Gasteiger partial charge in [-0.05, 0) is 68.6 Å². The third-order valence-electron chi connectivity index (χ3n) is 8.75. The lowest BCUT2D eigenvalue weighted by atomic mass is 9.77. The van der Waals surface area contributed by atoms with E-state index in [1.54, 1.807) is 12.2 Å².